The molecule has 486 valence electrons. The third-order valence-electron chi connectivity index (χ3n) is 14.5. The molecule has 0 spiro atoms. The number of ether oxygens (including phenoxy) is 2. The lowest BCUT2D eigenvalue weighted by molar-refractivity contribution is -0.161. The van der Waals surface area contributed by atoms with E-state index in [1.54, 1.807) is 0 Å². The molecular weight excluding hydrogens is 1070 g/mol. The van der Waals surface area contributed by atoms with Gasteiger partial charge in [-0.05, 0) is 109 Å². The Morgan fingerprint density at radius 1 is 0.353 bits per heavy atom. The van der Waals surface area contributed by atoms with E-state index in [1.807, 2.05) is 0 Å². The van der Waals surface area contributed by atoms with Gasteiger partial charge < -0.3 is 20.1 Å². The Balaban J connectivity index is 3.91. The minimum Gasteiger partial charge on any atom is -0.462 e. The second-order valence-corrected chi connectivity index (χ2v) is 24.1. The summed E-state index contributed by atoms with van der Waals surface area (Å²) in [5, 5.41) is 0. The predicted octanol–water partition coefficient (Wildman–Crippen LogP) is 22.9. The van der Waals surface area contributed by atoms with E-state index in [4.69, 9.17) is 24.3 Å². The van der Waals surface area contributed by atoms with Crippen molar-refractivity contribution in [2.24, 2.45) is 5.73 Å². The number of carbonyl (C=O) groups excluding carboxylic acids is 2. The van der Waals surface area contributed by atoms with Crippen molar-refractivity contribution in [3.8, 4) is 0 Å². The van der Waals surface area contributed by atoms with Gasteiger partial charge in [0.15, 0.2) is 6.10 Å². The van der Waals surface area contributed by atoms with Crippen molar-refractivity contribution >= 4 is 19.8 Å². The summed E-state index contributed by atoms with van der Waals surface area (Å²) in [7, 11) is -4.40. The van der Waals surface area contributed by atoms with E-state index in [2.05, 4.69) is 148 Å². The predicted molar refractivity (Wildman–Crippen MR) is 367 cm³/mol. The topological polar surface area (TPSA) is 134 Å². The molecule has 0 rings (SSSR count). The molecule has 10 heteroatoms. The Bertz CT molecular complexity index is 1860. The van der Waals surface area contributed by atoms with E-state index in [0.717, 1.165) is 116 Å². The number of rotatable bonds is 64. The van der Waals surface area contributed by atoms with Crippen LogP contribution in [-0.2, 0) is 32.7 Å². The zero-order chi connectivity index (χ0) is 61.6. The summed E-state index contributed by atoms with van der Waals surface area (Å²) < 4.78 is 33.2. The number of phosphoric ester groups is 1. The molecule has 0 aliphatic rings. The first-order valence-electron chi connectivity index (χ1n) is 34.7. The van der Waals surface area contributed by atoms with Crippen molar-refractivity contribution < 1.29 is 37.6 Å². The van der Waals surface area contributed by atoms with Crippen molar-refractivity contribution in [2.45, 2.75) is 302 Å². The highest BCUT2D eigenvalue weighted by Crippen LogP contribution is 2.43. The first-order valence-corrected chi connectivity index (χ1v) is 36.2. The van der Waals surface area contributed by atoms with Crippen molar-refractivity contribution in [1.29, 1.82) is 0 Å². The normalized spacial score (nSPS) is 13.8. The molecule has 0 amide bonds. The Labute approximate surface area is 523 Å². The molecule has 0 aromatic carbocycles. The summed E-state index contributed by atoms with van der Waals surface area (Å²) in [4.78, 5) is 35.4. The maximum atomic E-state index is 12.8. The van der Waals surface area contributed by atoms with Crippen molar-refractivity contribution in [3.63, 3.8) is 0 Å². The number of hydrogen-bond acceptors (Lipinski definition) is 8. The number of phosphoric acid groups is 1. The molecule has 9 nitrogen and oxygen atoms in total. The molecule has 2 atom stereocenters. The molecule has 0 heterocycles. The first kappa shape index (κ1) is 81.2. The zero-order valence-corrected chi connectivity index (χ0v) is 55.4. The lowest BCUT2D eigenvalue weighted by atomic mass is 10.0. The van der Waals surface area contributed by atoms with E-state index in [9.17, 15) is 19.0 Å². The van der Waals surface area contributed by atoms with E-state index in [1.165, 1.54) is 148 Å². The summed E-state index contributed by atoms with van der Waals surface area (Å²) in [6.45, 7) is 3.53. The van der Waals surface area contributed by atoms with Gasteiger partial charge in [-0.2, -0.15) is 0 Å². The zero-order valence-electron chi connectivity index (χ0n) is 54.5. The lowest BCUT2D eigenvalue weighted by Gasteiger charge is -2.19. The van der Waals surface area contributed by atoms with Gasteiger partial charge in [0.1, 0.15) is 6.61 Å². The molecular formula is C75H128NO8P. The van der Waals surface area contributed by atoms with Crippen LogP contribution < -0.4 is 5.73 Å². The van der Waals surface area contributed by atoms with Crippen LogP contribution in [0, 0.1) is 0 Å². The van der Waals surface area contributed by atoms with E-state index in [-0.39, 0.29) is 38.6 Å². The molecule has 0 fully saturated rings. The minimum absolute atomic E-state index is 0.0476. The summed E-state index contributed by atoms with van der Waals surface area (Å²) in [6.07, 6.45) is 98.2. The Hall–Kier alpha value is -3.85. The Morgan fingerprint density at radius 2 is 0.612 bits per heavy atom. The molecule has 0 aromatic heterocycles. The number of unbranched alkanes of at least 4 members (excludes halogenated alkanes) is 29. The van der Waals surface area contributed by atoms with Crippen LogP contribution in [-0.4, -0.2) is 49.3 Å². The molecule has 0 saturated heterocycles. The maximum absolute atomic E-state index is 12.8. The van der Waals surface area contributed by atoms with Crippen molar-refractivity contribution in [3.05, 3.63) is 134 Å². The van der Waals surface area contributed by atoms with Gasteiger partial charge in [0.2, 0.25) is 0 Å². The van der Waals surface area contributed by atoms with E-state index in [0.29, 0.717) is 6.42 Å². The van der Waals surface area contributed by atoms with Crippen molar-refractivity contribution in [1.82, 2.24) is 0 Å². The molecule has 85 heavy (non-hydrogen) atoms. The van der Waals surface area contributed by atoms with Gasteiger partial charge in [-0.1, -0.05) is 308 Å². The van der Waals surface area contributed by atoms with Gasteiger partial charge >= 0.3 is 19.8 Å². The van der Waals surface area contributed by atoms with Crippen LogP contribution >= 0.6 is 7.82 Å². The summed E-state index contributed by atoms with van der Waals surface area (Å²) >= 11 is 0. The molecule has 0 radical (unpaired) electrons. The average molecular weight is 1200 g/mol. The van der Waals surface area contributed by atoms with Crippen LogP contribution in [0.2, 0.25) is 0 Å². The third-order valence-corrected chi connectivity index (χ3v) is 15.5. The average Bonchev–Trinajstić information content (AvgIpc) is 3.52. The second-order valence-electron chi connectivity index (χ2n) is 22.6. The second kappa shape index (κ2) is 69.3. The molecule has 0 bridgehead atoms. The fraction of sp³-hybridized carbons (Fsp3) is 0.680. The largest absolute Gasteiger partial charge is 0.472 e. The fourth-order valence-corrected chi connectivity index (χ4v) is 10.3. The van der Waals surface area contributed by atoms with Gasteiger partial charge in [0.05, 0.1) is 13.2 Å². The van der Waals surface area contributed by atoms with Gasteiger partial charge in [-0.25, -0.2) is 4.57 Å². The van der Waals surface area contributed by atoms with Gasteiger partial charge in [-0.15, -0.1) is 0 Å². The van der Waals surface area contributed by atoms with Gasteiger partial charge in [0, 0.05) is 19.4 Å². The van der Waals surface area contributed by atoms with Crippen LogP contribution in [0.15, 0.2) is 134 Å². The summed E-state index contributed by atoms with van der Waals surface area (Å²) in [6, 6.07) is 0. The minimum atomic E-state index is -4.40. The molecule has 0 saturated carbocycles. The Morgan fingerprint density at radius 3 is 0.906 bits per heavy atom. The van der Waals surface area contributed by atoms with Crippen molar-refractivity contribution in [2.75, 3.05) is 26.4 Å². The highest BCUT2D eigenvalue weighted by Gasteiger charge is 2.26. The summed E-state index contributed by atoms with van der Waals surface area (Å²) in [5.41, 5.74) is 5.40. The molecule has 0 aromatic rings. The SMILES string of the molecule is CC/C=C\C/C=C\C/C=C\C/C=C\C/C=C\C/C=C\C/C=C\CCCCCCCCCCCC(=O)OC(COC(=O)CCCCCCCCCCCCCCCCCCCCCC/C=C\C/C=C\C/C=C\C/C=C\CC)COP(=O)(O)OCCN. The highest BCUT2D eigenvalue weighted by atomic mass is 31.2. The summed E-state index contributed by atoms with van der Waals surface area (Å²) in [5.74, 6) is -0.832. The lowest BCUT2D eigenvalue weighted by Crippen LogP contribution is -2.29. The third kappa shape index (κ3) is 69.1. The molecule has 0 aliphatic heterocycles. The molecule has 2 unspecified atom stereocenters. The van der Waals surface area contributed by atoms with Gasteiger partial charge in [0.25, 0.3) is 0 Å². The first-order chi connectivity index (χ1) is 41.8. The van der Waals surface area contributed by atoms with Crippen LogP contribution in [0.5, 0.6) is 0 Å². The molecule has 0 aliphatic carbocycles. The Kier molecular flexibility index (Phi) is 66.1. The van der Waals surface area contributed by atoms with Crippen LogP contribution in [0.1, 0.15) is 296 Å². The monoisotopic (exact) mass is 1200 g/mol. The standard InChI is InChI=1S/C75H128NO8P/c1-3-5-7-9-11-13-15-17-19-21-23-25-27-29-31-33-35-36-38-39-41-43-45-47-49-51-53-55-57-59-61-63-65-67-74(77)81-71-73(72-83-85(79,80)82-70-69-76)84-75(78)68-66-64-62-60-58-56-54-52-50-48-46-44-42-40-37-34-32-30-28-26-24-22-20-18-16-14-12-10-8-6-4-2/h5-8,11-14,17-20,23-26,30,32,37,40,44,46,73H,3-4,9-10,15-16,21-22,27-29,31,33-36,38-39,41-43,45,47-72,76H2,1-2H3,(H,79,80)/b7-5-,8-6-,13-11-,14-12-,19-17-,20-18-,25-23-,26-24-,32-30-,40-37-,46-44-. The highest BCUT2D eigenvalue weighted by molar-refractivity contribution is 7.47. The smallest absolute Gasteiger partial charge is 0.462 e. The van der Waals surface area contributed by atoms with E-state index < -0.39 is 26.5 Å². The number of hydrogen-bond donors (Lipinski definition) is 2. The number of carbonyl (C=O) groups is 2. The number of allylic oxidation sites excluding steroid dienone is 22. The fourth-order valence-electron chi connectivity index (χ4n) is 9.49. The molecule has 3 N–H and O–H groups in total. The van der Waals surface area contributed by atoms with Gasteiger partial charge in [-0.3, -0.25) is 18.6 Å². The van der Waals surface area contributed by atoms with E-state index >= 15 is 0 Å². The number of esters is 2. The number of nitrogens with two attached hydrogens (primary N) is 1. The van der Waals surface area contributed by atoms with Crippen LogP contribution in [0.3, 0.4) is 0 Å². The van der Waals surface area contributed by atoms with Crippen LogP contribution in [0.4, 0.5) is 0 Å². The maximum Gasteiger partial charge on any atom is 0.472 e. The van der Waals surface area contributed by atoms with Crippen LogP contribution in [0.25, 0.3) is 0 Å². The quantitative estimate of drug-likeness (QED) is 0.0264.